The zero-order valence-electron chi connectivity index (χ0n) is 10.8. The van der Waals surface area contributed by atoms with Crippen molar-refractivity contribution in [2.75, 3.05) is 33.3 Å². The molecule has 2 unspecified atom stereocenters. The zero-order valence-corrected chi connectivity index (χ0v) is 10.8. The lowest BCUT2D eigenvalue weighted by Crippen LogP contribution is -2.32. The van der Waals surface area contributed by atoms with Crippen molar-refractivity contribution in [3.05, 3.63) is 0 Å². The summed E-state index contributed by atoms with van der Waals surface area (Å²) in [5.41, 5.74) is 0. The number of hydrogen-bond donors (Lipinski definition) is 2. The SMILES string of the molecule is CC.CC1CCNC1CCN(C)CCO. The molecule has 0 spiro atoms. The van der Waals surface area contributed by atoms with Crippen molar-refractivity contribution in [2.24, 2.45) is 5.92 Å². The first-order valence-electron chi connectivity index (χ1n) is 6.27. The van der Waals surface area contributed by atoms with E-state index in [4.69, 9.17) is 5.11 Å². The molecule has 0 aromatic heterocycles. The van der Waals surface area contributed by atoms with Gasteiger partial charge in [-0.3, -0.25) is 0 Å². The summed E-state index contributed by atoms with van der Waals surface area (Å²) < 4.78 is 0. The van der Waals surface area contributed by atoms with E-state index in [9.17, 15) is 0 Å². The lowest BCUT2D eigenvalue weighted by atomic mass is 10.0. The van der Waals surface area contributed by atoms with Gasteiger partial charge < -0.3 is 15.3 Å². The van der Waals surface area contributed by atoms with Crippen LogP contribution in [0.2, 0.25) is 0 Å². The summed E-state index contributed by atoms with van der Waals surface area (Å²) in [7, 11) is 2.07. The molecule has 0 aromatic carbocycles. The van der Waals surface area contributed by atoms with Crippen molar-refractivity contribution in [3.63, 3.8) is 0 Å². The number of likely N-dealkylation sites (N-methyl/N-ethyl adjacent to an activating group) is 1. The molecule has 1 saturated heterocycles. The van der Waals surface area contributed by atoms with Crippen LogP contribution >= 0.6 is 0 Å². The molecule has 1 rings (SSSR count). The van der Waals surface area contributed by atoms with Crippen molar-refractivity contribution in [1.82, 2.24) is 10.2 Å². The number of nitrogens with zero attached hydrogens (tertiary/aromatic N) is 1. The first-order chi connectivity index (χ1) is 7.24. The van der Waals surface area contributed by atoms with Crippen molar-refractivity contribution in [3.8, 4) is 0 Å². The Morgan fingerprint density at radius 3 is 2.47 bits per heavy atom. The highest BCUT2D eigenvalue weighted by Crippen LogP contribution is 2.16. The van der Waals surface area contributed by atoms with E-state index in [1.54, 1.807) is 0 Å². The Labute approximate surface area is 94.9 Å². The van der Waals surface area contributed by atoms with E-state index in [0.717, 1.165) is 19.0 Å². The summed E-state index contributed by atoms with van der Waals surface area (Å²) in [5.74, 6) is 0.822. The molecule has 0 aromatic rings. The van der Waals surface area contributed by atoms with Gasteiger partial charge in [0.15, 0.2) is 0 Å². The normalized spacial score (nSPS) is 25.2. The van der Waals surface area contributed by atoms with Crippen LogP contribution in [0.4, 0.5) is 0 Å². The lowest BCUT2D eigenvalue weighted by molar-refractivity contribution is 0.213. The van der Waals surface area contributed by atoms with E-state index in [0.29, 0.717) is 6.04 Å². The van der Waals surface area contributed by atoms with Gasteiger partial charge in [0.1, 0.15) is 0 Å². The fourth-order valence-corrected chi connectivity index (χ4v) is 1.93. The first-order valence-corrected chi connectivity index (χ1v) is 6.27. The summed E-state index contributed by atoms with van der Waals surface area (Å²) in [6, 6.07) is 0.696. The topological polar surface area (TPSA) is 35.5 Å². The van der Waals surface area contributed by atoms with Gasteiger partial charge in [0.25, 0.3) is 0 Å². The maximum atomic E-state index is 8.72. The Morgan fingerprint density at radius 2 is 2.00 bits per heavy atom. The van der Waals surface area contributed by atoms with Crippen LogP contribution < -0.4 is 5.32 Å². The molecule has 92 valence electrons. The molecule has 1 heterocycles. The van der Waals surface area contributed by atoms with E-state index < -0.39 is 0 Å². The highest BCUT2D eigenvalue weighted by atomic mass is 16.3. The predicted octanol–water partition coefficient (Wildman–Crippen LogP) is 1.32. The van der Waals surface area contributed by atoms with Crippen molar-refractivity contribution in [1.29, 1.82) is 0 Å². The van der Waals surface area contributed by atoms with Gasteiger partial charge in [-0.05, 0) is 38.9 Å². The Morgan fingerprint density at radius 1 is 1.33 bits per heavy atom. The standard InChI is InChI=1S/C10H22N2O.C2H6/c1-9-3-5-11-10(9)4-6-12(2)7-8-13;1-2/h9-11,13H,3-8H2,1-2H3;1-2H3. The van der Waals surface area contributed by atoms with Gasteiger partial charge in [0.05, 0.1) is 6.61 Å². The number of nitrogens with one attached hydrogen (secondary N) is 1. The molecular weight excluding hydrogens is 188 g/mol. The van der Waals surface area contributed by atoms with Crippen LogP contribution in [0.25, 0.3) is 0 Å². The molecule has 1 aliphatic heterocycles. The number of aliphatic hydroxyl groups excluding tert-OH is 1. The third kappa shape index (κ3) is 6.13. The van der Waals surface area contributed by atoms with Crippen LogP contribution in [0.5, 0.6) is 0 Å². The Kier molecular flexibility index (Phi) is 9.06. The fraction of sp³-hybridized carbons (Fsp3) is 1.00. The first kappa shape index (κ1) is 14.9. The van der Waals surface area contributed by atoms with Gasteiger partial charge >= 0.3 is 0 Å². The molecule has 3 heteroatoms. The number of rotatable bonds is 5. The second-order valence-electron chi connectivity index (χ2n) is 4.14. The fourth-order valence-electron chi connectivity index (χ4n) is 1.93. The Hall–Kier alpha value is -0.120. The van der Waals surface area contributed by atoms with Gasteiger partial charge in [-0.25, -0.2) is 0 Å². The van der Waals surface area contributed by atoms with Gasteiger partial charge in [0.2, 0.25) is 0 Å². The monoisotopic (exact) mass is 216 g/mol. The molecule has 3 nitrogen and oxygen atoms in total. The highest BCUT2D eigenvalue weighted by Gasteiger charge is 2.22. The third-order valence-corrected chi connectivity index (χ3v) is 3.00. The second kappa shape index (κ2) is 9.13. The average Bonchev–Trinajstić information content (AvgIpc) is 2.65. The quantitative estimate of drug-likeness (QED) is 0.728. The van der Waals surface area contributed by atoms with Gasteiger partial charge in [-0.2, -0.15) is 0 Å². The van der Waals surface area contributed by atoms with Crippen molar-refractivity contribution in [2.45, 2.75) is 39.7 Å². The number of hydrogen-bond acceptors (Lipinski definition) is 3. The second-order valence-corrected chi connectivity index (χ2v) is 4.14. The Bertz CT molecular complexity index is 142. The van der Waals surface area contributed by atoms with Crippen molar-refractivity contribution >= 4 is 0 Å². The average molecular weight is 216 g/mol. The van der Waals surface area contributed by atoms with Gasteiger partial charge in [-0.1, -0.05) is 20.8 Å². The predicted molar refractivity (Wildman–Crippen MR) is 66.1 cm³/mol. The molecule has 0 bridgehead atoms. The lowest BCUT2D eigenvalue weighted by Gasteiger charge is -2.20. The number of aliphatic hydroxyl groups is 1. The van der Waals surface area contributed by atoms with Crippen LogP contribution in [0.1, 0.15) is 33.6 Å². The Balaban J connectivity index is 0.000000921. The molecule has 2 atom stereocenters. The van der Waals surface area contributed by atoms with E-state index in [-0.39, 0.29) is 6.61 Å². The molecule has 1 fully saturated rings. The van der Waals surface area contributed by atoms with Crippen LogP contribution in [0.15, 0.2) is 0 Å². The third-order valence-electron chi connectivity index (χ3n) is 3.00. The van der Waals surface area contributed by atoms with Crippen LogP contribution in [-0.2, 0) is 0 Å². The minimum absolute atomic E-state index is 0.268. The molecule has 15 heavy (non-hydrogen) atoms. The summed E-state index contributed by atoms with van der Waals surface area (Å²) in [6.07, 6.45) is 2.52. The molecule has 0 amide bonds. The summed E-state index contributed by atoms with van der Waals surface area (Å²) in [4.78, 5) is 2.19. The maximum absolute atomic E-state index is 8.72. The molecule has 2 N–H and O–H groups in total. The van der Waals surface area contributed by atoms with E-state index in [2.05, 4.69) is 24.2 Å². The van der Waals surface area contributed by atoms with E-state index in [1.807, 2.05) is 13.8 Å². The minimum atomic E-state index is 0.268. The summed E-state index contributed by atoms with van der Waals surface area (Å²) in [5, 5.41) is 12.2. The maximum Gasteiger partial charge on any atom is 0.0558 e. The summed E-state index contributed by atoms with van der Waals surface area (Å²) >= 11 is 0. The molecular formula is C12H28N2O. The van der Waals surface area contributed by atoms with E-state index in [1.165, 1.54) is 19.4 Å². The van der Waals surface area contributed by atoms with Crippen LogP contribution in [-0.4, -0.2) is 49.3 Å². The molecule has 0 aliphatic carbocycles. The minimum Gasteiger partial charge on any atom is -0.395 e. The van der Waals surface area contributed by atoms with Gasteiger partial charge in [0, 0.05) is 12.6 Å². The van der Waals surface area contributed by atoms with E-state index >= 15 is 0 Å². The largest absolute Gasteiger partial charge is 0.395 e. The highest BCUT2D eigenvalue weighted by molar-refractivity contribution is 4.81. The van der Waals surface area contributed by atoms with Crippen LogP contribution in [0.3, 0.4) is 0 Å². The van der Waals surface area contributed by atoms with Crippen LogP contribution in [0, 0.1) is 5.92 Å². The molecule has 0 radical (unpaired) electrons. The summed E-state index contributed by atoms with van der Waals surface area (Å²) in [6.45, 7) is 9.64. The van der Waals surface area contributed by atoms with Crippen molar-refractivity contribution < 1.29 is 5.11 Å². The van der Waals surface area contributed by atoms with Gasteiger partial charge in [-0.15, -0.1) is 0 Å². The molecule has 1 aliphatic rings. The zero-order chi connectivity index (χ0) is 11.7. The molecule has 0 saturated carbocycles. The smallest absolute Gasteiger partial charge is 0.0558 e.